The summed E-state index contributed by atoms with van der Waals surface area (Å²) in [5, 5.41) is 0.516. The quantitative estimate of drug-likeness (QED) is 0.754. The lowest BCUT2D eigenvalue weighted by Crippen LogP contribution is -2.46. The normalized spacial score (nSPS) is 21.4. The topological polar surface area (TPSA) is 49.9 Å². The molecule has 2 fully saturated rings. The molecule has 0 N–H and O–H groups in total. The Hall–Kier alpha value is -1.59. The van der Waals surface area contributed by atoms with E-state index in [-0.39, 0.29) is 17.6 Å². The highest BCUT2D eigenvalue weighted by Crippen LogP contribution is 2.28. The Kier molecular flexibility index (Phi) is 5.97. The Balaban J connectivity index is 1.67. The number of hydrogen-bond acceptors (Lipinski definition) is 4. The van der Waals surface area contributed by atoms with Crippen LogP contribution in [0.4, 0.5) is 0 Å². The van der Waals surface area contributed by atoms with Crippen LogP contribution in [0, 0.1) is 5.92 Å². The highest BCUT2D eigenvalue weighted by atomic mass is 35.5. The van der Waals surface area contributed by atoms with Gasteiger partial charge < -0.3 is 9.64 Å². The van der Waals surface area contributed by atoms with Gasteiger partial charge in [-0.2, -0.15) is 0 Å². The monoisotopic (exact) mass is 364 g/mol. The number of amides is 1. The molecular formula is C19H25ClN2O3. The van der Waals surface area contributed by atoms with Crippen LogP contribution in [-0.4, -0.2) is 61.3 Å². The molecule has 25 heavy (non-hydrogen) atoms. The van der Waals surface area contributed by atoms with E-state index in [2.05, 4.69) is 4.90 Å². The molecule has 2 saturated heterocycles. The van der Waals surface area contributed by atoms with Crippen LogP contribution in [0.1, 0.15) is 36.0 Å². The number of halogens is 1. The number of ketones is 1. The maximum absolute atomic E-state index is 13.0. The van der Waals surface area contributed by atoms with Crippen molar-refractivity contribution in [3.05, 3.63) is 28.8 Å². The molecule has 0 aliphatic carbocycles. The van der Waals surface area contributed by atoms with Crippen molar-refractivity contribution < 1.29 is 14.3 Å². The second-order valence-electron chi connectivity index (χ2n) is 6.87. The SMILES string of the molecule is COc1ccc(Cl)cc1C(=O)[C@H]1CCCN(C(=O)CN2CCCC2)C1. The largest absolute Gasteiger partial charge is 0.496 e. The fourth-order valence-corrected chi connectivity index (χ4v) is 3.91. The number of piperidine rings is 1. The summed E-state index contributed by atoms with van der Waals surface area (Å²) < 4.78 is 5.31. The van der Waals surface area contributed by atoms with Gasteiger partial charge in [0.15, 0.2) is 5.78 Å². The van der Waals surface area contributed by atoms with E-state index in [0.29, 0.717) is 29.4 Å². The number of Topliss-reactive ketones (excluding diaryl/α,β-unsaturated/α-hetero) is 1. The van der Waals surface area contributed by atoms with Crippen LogP contribution >= 0.6 is 11.6 Å². The standard InChI is InChI=1S/C19H25ClN2O3/c1-25-17-7-6-15(20)11-16(17)19(24)14-5-4-10-22(12-14)18(23)13-21-8-2-3-9-21/h6-7,11,14H,2-5,8-10,12-13H2,1H3/t14-/m0/s1. The molecule has 3 rings (SSSR count). The lowest BCUT2D eigenvalue weighted by atomic mass is 9.89. The summed E-state index contributed by atoms with van der Waals surface area (Å²) in [4.78, 5) is 29.6. The minimum Gasteiger partial charge on any atom is -0.496 e. The number of carbonyl (C=O) groups excluding carboxylic acids is 2. The third kappa shape index (κ3) is 4.33. The van der Waals surface area contributed by atoms with E-state index >= 15 is 0 Å². The number of hydrogen-bond donors (Lipinski definition) is 0. The fourth-order valence-electron chi connectivity index (χ4n) is 3.74. The Morgan fingerprint density at radius 2 is 1.96 bits per heavy atom. The number of carbonyl (C=O) groups is 2. The third-order valence-electron chi connectivity index (χ3n) is 5.13. The van der Waals surface area contributed by atoms with Crippen molar-refractivity contribution in [2.75, 3.05) is 39.8 Å². The summed E-state index contributed by atoms with van der Waals surface area (Å²) in [5.41, 5.74) is 0.508. The summed E-state index contributed by atoms with van der Waals surface area (Å²) in [6, 6.07) is 5.09. The van der Waals surface area contributed by atoms with Gasteiger partial charge in [0, 0.05) is 24.0 Å². The van der Waals surface area contributed by atoms with E-state index in [1.54, 1.807) is 25.3 Å². The summed E-state index contributed by atoms with van der Waals surface area (Å²) in [5.74, 6) is 0.494. The fraction of sp³-hybridized carbons (Fsp3) is 0.579. The second-order valence-corrected chi connectivity index (χ2v) is 7.31. The first-order valence-corrected chi connectivity index (χ1v) is 9.34. The summed E-state index contributed by atoms with van der Waals surface area (Å²) in [6.07, 6.45) is 3.99. The van der Waals surface area contributed by atoms with Crippen molar-refractivity contribution in [3.63, 3.8) is 0 Å². The van der Waals surface area contributed by atoms with Gasteiger partial charge in [-0.3, -0.25) is 14.5 Å². The predicted octanol–water partition coefficient (Wildman–Crippen LogP) is 2.87. The van der Waals surface area contributed by atoms with Crippen LogP contribution in [0.25, 0.3) is 0 Å². The van der Waals surface area contributed by atoms with Crippen molar-refractivity contribution in [1.29, 1.82) is 0 Å². The van der Waals surface area contributed by atoms with Gasteiger partial charge in [0.2, 0.25) is 5.91 Å². The first-order chi connectivity index (χ1) is 12.1. The molecule has 6 heteroatoms. The molecule has 0 saturated carbocycles. The molecule has 2 aliphatic rings. The number of benzene rings is 1. The molecule has 2 aliphatic heterocycles. The number of rotatable bonds is 5. The molecular weight excluding hydrogens is 340 g/mol. The molecule has 0 spiro atoms. The van der Waals surface area contributed by atoms with Crippen LogP contribution in [-0.2, 0) is 4.79 Å². The van der Waals surface area contributed by atoms with Crippen molar-refractivity contribution in [3.8, 4) is 5.75 Å². The number of methoxy groups -OCH3 is 1. The molecule has 0 radical (unpaired) electrons. The molecule has 0 aromatic heterocycles. The number of likely N-dealkylation sites (tertiary alicyclic amines) is 2. The average Bonchev–Trinajstić information content (AvgIpc) is 3.14. The molecule has 1 amide bonds. The second kappa shape index (κ2) is 8.19. The average molecular weight is 365 g/mol. The summed E-state index contributed by atoms with van der Waals surface area (Å²) in [7, 11) is 1.55. The minimum absolute atomic E-state index is 0.0121. The first kappa shape index (κ1) is 18.2. The Labute approximate surface area is 153 Å². The lowest BCUT2D eigenvalue weighted by Gasteiger charge is -2.33. The zero-order chi connectivity index (χ0) is 17.8. The summed E-state index contributed by atoms with van der Waals surface area (Å²) >= 11 is 6.05. The number of nitrogens with zero attached hydrogens (tertiary/aromatic N) is 2. The van der Waals surface area contributed by atoms with Crippen LogP contribution < -0.4 is 4.74 Å². The van der Waals surface area contributed by atoms with Gasteiger partial charge in [-0.05, 0) is 57.0 Å². The van der Waals surface area contributed by atoms with E-state index in [0.717, 1.165) is 32.5 Å². The molecule has 1 aromatic carbocycles. The van der Waals surface area contributed by atoms with Gasteiger partial charge in [-0.1, -0.05) is 11.6 Å². The van der Waals surface area contributed by atoms with Crippen LogP contribution in [0.2, 0.25) is 5.02 Å². The van der Waals surface area contributed by atoms with Gasteiger partial charge >= 0.3 is 0 Å². The maximum Gasteiger partial charge on any atom is 0.236 e. The Morgan fingerprint density at radius 1 is 1.20 bits per heavy atom. The van der Waals surface area contributed by atoms with Gasteiger partial charge in [0.25, 0.3) is 0 Å². The zero-order valence-corrected chi connectivity index (χ0v) is 15.4. The smallest absolute Gasteiger partial charge is 0.236 e. The zero-order valence-electron chi connectivity index (χ0n) is 14.7. The molecule has 0 unspecified atom stereocenters. The third-order valence-corrected chi connectivity index (χ3v) is 5.36. The molecule has 5 nitrogen and oxygen atoms in total. The van der Waals surface area contributed by atoms with Gasteiger partial charge in [-0.25, -0.2) is 0 Å². The van der Waals surface area contributed by atoms with Gasteiger partial charge in [0.05, 0.1) is 19.2 Å². The molecule has 0 bridgehead atoms. The van der Waals surface area contributed by atoms with E-state index in [9.17, 15) is 9.59 Å². The van der Waals surface area contributed by atoms with Crippen LogP contribution in [0.15, 0.2) is 18.2 Å². The van der Waals surface area contributed by atoms with Gasteiger partial charge in [0.1, 0.15) is 5.75 Å². The number of ether oxygens (including phenoxy) is 1. The molecule has 2 heterocycles. The van der Waals surface area contributed by atoms with E-state index in [1.165, 1.54) is 12.8 Å². The Bertz CT molecular complexity index is 644. The summed E-state index contributed by atoms with van der Waals surface area (Å²) in [6.45, 7) is 3.70. The van der Waals surface area contributed by atoms with Crippen LogP contribution in [0.5, 0.6) is 5.75 Å². The first-order valence-electron chi connectivity index (χ1n) is 8.96. The maximum atomic E-state index is 13.0. The molecule has 136 valence electrons. The molecule has 1 aromatic rings. The van der Waals surface area contributed by atoms with E-state index in [4.69, 9.17) is 16.3 Å². The highest BCUT2D eigenvalue weighted by Gasteiger charge is 2.31. The van der Waals surface area contributed by atoms with Crippen LogP contribution in [0.3, 0.4) is 0 Å². The van der Waals surface area contributed by atoms with Crippen molar-refractivity contribution in [2.24, 2.45) is 5.92 Å². The van der Waals surface area contributed by atoms with Gasteiger partial charge in [-0.15, -0.1) is 0 Å². The predicted molar refractivity (Wildman–Crippen MR) is 97.3 cm³/mol. The Morgan fingerprint density at radius 3 is 2.68 bits per heavy atom. The van der Waals surface area contributed by atoms with E-state index < -0.39 is 0 Å². The lowest BCUT2D eigenvalue weighted by molar-refractivity contribution is -0.133. The minimum atomic E-state index is -0.191. The molecule has 1 atom stereocenters. The van der Waals surface area contributed by atoms with E-state index in [1.807, 2.05) is 4.90 Å². The van der Waals surface area contributed by atoms with Crippen molar-refractivity contribution in [2.45, 2.75) is 25.7 Å². The highest BCUT2D eigenvalue weighted by molar-refractivity contribution is 6.31. The van der Waals surface area contributed by atoms with Crippen molar-refractivity contribution >= 4 is 23.3 Å². The van der Waals surface area contributed by atoms with Crippen molar-refractivity contribution in [1.82, 2.24) is 9.80 Å².